The molecule has 4 heterocycles. The van der Waals surface area contributed by atoms with E-state index in [1.54, 1.807) is 6.07 Å². The number of nitrogens with two attached hydrogens (primary N) is 1. The summed E-state index contributed by atoms with van der Waals surface area (Å²) >= 11 is 11.3. The molecule has 2 aliphatic rings. The number of benzene rings is 1. The number of fused-ring (bicyclic) bond motifs is 1. The number of aromatic nitrogens is 4. The minimum Gasteiger partial charge on any atom is -0.387 e. The standard InChI is InChI=1S/C19H20ClFN5O6PS/c20-9-1-2-10(11(21)5-9)12-3-4-29-33(34,32-12)30-6-13-15(27)16(28)19(31-13)26-8-25-14-17(22)23-7-24-18(14)26/h1-2,5,7-8,12-13,15-16,19,27-28H,3-4,6H2,(H2,22,23,24)/t12?,13-,15-,16-,19-,33?/m1/s1. The van der Waals surface area contributed by atoms with Crippen molar-refractivity contribution in [1.29, 1.82) is 0 Å². The maximum absolute atomic E-state index is 14.4. The van der Waals surface area contributed by atoms with Gasteiger partial charge >= 0.3 is 6.72 Å². The number of ether oxygens (including phenoxy) is 1. The van der Waals surface area contributed by atoms with Gasteiger partial charge in [0.1, 0.15) is 36.0 Å². The van der Waals surface area contributed by atoms with Crippen molar-refractivity contribution in [1.82, 2.24) is 19.5 Å². The van der Waals surface area contributed by atoms with Crippen LogP contribution in [0.1, 0.15) is 24.3 Å². The van der Waals surface area contributed by atoms with Crippen LogP contribution in [0.15, 0.2) is 30.9 Å². The van der Waals surface area contributed by atoms with Crippen LogP contribution in [0, 0.1) is 5.82 Å². The first-order chi connectivity index (χ1) is 16.3. The molecule has 0 saturated carbocycles. The van der Waals surface area contributed by atoms with Crippen LogP contribution in [0.3, 0.4) is 0 Å². The van der Waals surface area contributed by atoms with Gasteiger partial charge in [-0.05, 0) is 23.9 Å². The Labute approximate surface area is 202 Å². The van der Waals surface area contributed by atoms with E-state index in [9.17, 15) is 14.6 Å². The summed E-state index contributed by atoms with van der Waals surface area (Å²) in [5.74, 6) is -0.341. The molecule has 0 bridgehead atoms. The van der Waals surface area contributed by atoms with E-state index >= 15 is 0 Å². The van der Waals surface area contributed by atoms with Crippen molar-refractivity contribution in [2.75, 3.05) is 18.9 Å². The van der Waals surface area contributed by atoms with Crippen molar-refractivity contribution in [3.63, 3.8) is 0 Å². The van der Waals surface area contributed by atoms with Gasteiger partial charge in [0.25, 0.3) is 0 Å². The highest BCUT2D eigenvalue weighted by atomic mass is 35.5. The van der Waals surface area contributed by atoms with Gasteiger partial charge in [0.2, 0.25) is 0 Å². The lowest BCUT2D eigenvalue weighted by Crippen LogP contribution is -2.34. The summed E-state index contributed by atoms with van der Waals surface area (Å²) in [4.78, 5) is 12.1. The number of nitrogens with zero attached hydrogens (tertiary/aromatic N) is 4. The van der Waals surface area contributed by atoms with Crippen LogP contribution in [-0.4, -0.2) is 61.3 Å². The average Bonchev–Trinajstić information content (AvgIpc) is 3.35. The number of halogens is 2. The summed E-state index contributed by atoms with van der Waals surface area (Å²) in [6.07, 6.45) is -2.24. The summed E-state index contributed by atoms with van der Waals surface area (Å²) in [6.45, 7) is -3.32. The molecule has 182 valence electrons. The highest BCUT2D eigenvalue weighted by molar-refractivity contribution is 8.07. The Morgan fingerprint density at radius 1 is 1.29 bits per heavy atom. The third-order valence-corrected chi connectivity index (χ3v) is 8.19. The highest BCUT2D eigenvalue weighted by Crippen LogP contribution is 2.57. The molecule has 34 heavy (non-hydrogen) atoms. The van der Waals surface area contributed by atoms with Gasteiger partial charge in [0, 0.05) is 17.0 Å². The molecular formula is C19H20ClFN5O6PS. The fourth-order valence-electron chi connectivity index (χ4n) is 3.87. The number of hydrogen-bond donors (Lipinski definition) is 3. The quantitative estimate of drug-likeness (QED) is 0.416. The molecule has 4 N–H and O–H groups in total. The number of imidazole rings is 1. The van der Waals surface area contributed by atoms with E-state index < -0.39 is 43.2 Å². The number of aliphatic hydroxyl groups is 2. The molecule has 0 aliphatic carbocycles. The first-order valence-corrected chi connectivity index (χ1v) is 13.2. The summed E-state index contributed by atoms with van der Waals surface area (Å²) in [5.41, 5.74) is 6.78. The lowest BCUT2D eigenvalue weighted by molar-refractivity contribution is -0.0533. The van der Waals surface area contributed by atoms with Crippen LogP contribution in [0.4, 0.5) is 10.2 Å². The topological polar surface area (TPSA) is 147 Å². The van der Waals surface area contributed by atoms with Gasteiger partial charge in [-0.25, -0.2) is 19.3 Å². The largest absolute Gasteiger partial charge is 0.387 e. The normalized spacial score (nSPS) is 31.8. The van der Waals surface area contributed by atoms with Gasteiger partial charge in [0.15, 0.2) is 17.7 Å². The third kappa shape index (κ3) is 4.43. The Morgan fingerprint density at radius 2 is 2.12 bits per heavy atom. The highest BCUT2D eigenvalue weighted by Gasteiger charge is 2.45. The zero-order valence-electron chi connectivity index (χ0n) is 17.4. The van der Waals surface area contributed by atoms with Crippen molar-refractivity contribution < 1.29 is 32.9 Å². The second-order valence-electron chi connectivity index (χ2n) is 7.75. The van der Waals surface area contributed by atoms with Gasteiger partial charge in [-0.15, -0.1) is 0 Å². The molecule has 0 radical (unpaired) electrons. The van der Waals surface area contributed by atoms with Gasteiger partial charge in [0.05, 0.1) is 25.6 Å². The number of hydrogen-bond acceptors (Lipinski definition) is 11. The SMILES string of the molecule is Nc1ncnc2c1ncn2[C@@H]1O[C@H](COP2(=S)OCCC(c3ccc(Cl)cc3F)O2)[C@@H](O)[C@H]1O. The molecule has 0 amide bonds. The Morgan fingerprint density at radius 3 is 2.91 bits per heavy atom. The van der Waals surface area contributed by atoms with E-state index in [4.69, 9.17) is 47.4 Å². The minimum atomic E-state index is -3.29. The molecule has 2 unspecified atom stereocenters. The molecule has 2 aromatic heterocycles. The second kappa shape index (κ2) is 9.34. The summed E-state index contributed by atoms with van der Waals surface area (Å²) in [6, 6.07) is 4.29. The van der Waals surface area contributed by atoms with Crippen molar-refractivity contribution in [3.8, 4) is 0 Å². The third-order valence-electron chi connectivity index (χ3n) is 5.59. The van der Waals surface area contributed by atoms with E-state index in [1.807, 2.05) is 0 Å². The van der Waals surface area contributed by atoms with Crippen molar-refractivity contribution in [3.05, 3.63) is 47.3 Å². The van der Waals surface area contributed by atoms with Crippen LogP contribution < -0.4 is 5.73 Å². The fraction of sp³-hybridized carbons (Fsp3) is 0.421. The molecule has 6 atom stereocenters. The van der Waals surface area contributed by atoms with E-state index in [0.717, 1.165) is 0 Å². The van der Waals surface area contributed by atoms with E-state index in [1.165, 1.54) is 29.4 Å². The van der Waals surface area contributed by atoms with Crippen molar-refractivity contribution in [2.45, 2.75) is 37.1 Å². The van der Waals surface area contributed by atoms with Crippen LogP contribution in [0.5, 0.6) is 0 Å². The predicted molar refractivity (Wildman–Crippen MR) is 122 cm³/mol. The van der Waals surface area contributed by atoms with Crippen LogP contribution >= 0.6 is 18.3 Å². The zero-order chi connectivity index (χ0) is 24.0. The number of rotatable bonds is 5. The van der Waals surface area contributed by atoms with E-state index in [2.05, 4.69) is 15.0 Å². The van der Waals surface area contributed by atoms with Gasteiger partial charge in [-0.1, -0.05) is 17.7 Å². The average molecular weight is 532 g/mol. The number of nitrogen functional groups attached to an aromatic ring is 1. The van der Waals surface area contributed by atoms with Gasteiger partial charge in [-0.2, -0.15) is 0 Å². The Bertz CT molecular complexity index is 1270. The minimum absolute atomic E-state index is 0.174. The molecule has 5 rings (SSSR count). The zero-order valence-corrected chi connectivity index (χ0v) is 19.9. The Hall–Kier alpha value is -1.80. The van der Waals surface area contributed by atoms with Crippen molar-refractivity contribution >= 4 is 47.1 Å². The monoisotopic (exact) mass is 531 g/mol. The van der Waals surface area contributed by atoms with E-state index in [0.29, 0.717) is 23.1 Å². The van der Waals surface area contributed by atoms with Crippen LogP contribution in [-0.2, 0) is 30.1 Å². The van der Waals surface area contributed by atoms with Crippen LogP contribution in [0.2, 0.25) is 5.02 Å². The molecule has 0 spiro atoms. The lowest BCUT2D eigenvalue weighted by Gasteiger charge is -2.32. The molecular weight excluding hydrogens is 512 g/mol. The van der Waals surface area contributed by atoms with Gasteiger partial charge in [-0.3, -0.25) is 4.57 Å². The van der Waals surface area contributed by atoms with Gasteiger partial charge < -0.3 is 34.3 Å². The molecule has 3 aromatic rings. The van der Waals surface area contributed by atoms with Crippen molar-refractivity contribution in [2.24, 2.45) is 0 Å². The lowest BCUT2D eigenvalue weighted by atomic mass is 10.1. The Balaban J connectivity index is 1.28. The maximum Gasteiger partial charge on any atom is 0.327 e. The summed E-state index contributed by atoms with van der Waals surface area (Å²) in [5, 5.41) is 21.4. The molecule has 2 aliphatic heterocycles. The molecule has 2 fully saturated rings. The predicted octanol–water partition coefficient (Wildman–Crippen LogP) is 2.24. The Kier molecular flexibility index (Phi) is 6.57. The maximum atomic E-state index is 14.4. The first-order valence-electron chi connectivity index (χ1n) is 10.2. The molecule has 1 aromatic carbocycles. The summed E-state index contributed by atoms with van der Waals surface area (Å²) < 4.78 is 38.8. The smallest absolute Gasteiger partial charge is 0.327 e. The summed E-state index contributed by atoms with van der Waals surface area (Å²) in [7, 11) is 0. The van der Waals surface area contributed by atoms with Crippen LogP contribution in [0.25, 0.3) is 11.2 Å². The number of anilines is 1. The first kappa shape index (κ1) is 23.9. The second-order valence-corrected chi connectivity index (χ2v) is 11.2. The molecule has 2 saturated heterocycles. The van der Waals surface area contributed by atoms with E-state index in [-0.39, 0.29) is 24.1 Å². The molecule has 15 heteroatoms. The number of aliphatic hydroxyl groups excluding tert-OH is 2. The molecule has 11 nitrogen and oxygen atoms in total. The fourth-order valence-corrected chi connectivity index (χ4v) is 6.13.